The topological polar surface area (TPSA) is 101 Å². The molecule has 8 heteroatoms. The Balaban J connectivity index is 2.80. The average Bonchev–Trinajstić information content (AvgIpc) is 2.33. The number of amides is 2. The molecule has 0 saturated carbocycles. The van der Waals surface area contributed by atoms with Crippen LogP contribution in [0.5, 0.6) is 0 Å². The minimum atomic E-state index is -0.474. The summed E-state index contributed by atoms with van der Waals surface area (Å²) in [5.41, 5.74) is 0.483. The molecular weight excluding hydrogens is 282 g/mol. The molecule has 0 radical (unpaired) electrons. The molecule has 0 unspecified atom stereocenters. The van der Waals surface area contributed by atoms with Gasteiger partial charge in [0.2, 0.25) is 11.8 Å². The number of hydrogen-bond acceptors (Lipinski definition) is 5. The largest absolute Gasteiger partial charge is 0.356 e. The third kappa shape index (κ3) is 5.27. The van der Waals surface area contributed by atoms with E-state index in [0.717, 1.165) is 0 Å². The van der Waals surface area contributed by atoms with Crippen molar-refractivity contribution in [2.24, 2.45) is 0 Å². The van der Waals surface area contributed by atoms with Gasteiger partial charge in [-0.1, -0.05) is 0 Å². The van der Waals surface area contributed by atoms with Crippen molar-refractivity contribution in [3.63, 3.8) is 0 Å². The number of nitrogens with one attached hydrogen (secondary N) is 2. The molecular formula is C12H15N3O4S. The Bertz CT molecular complexity index is 533. The molecule has 0 atom stereocenters. The number of hydrogen-bond donors (Lipinski definition) is 2. The van der Waals surface area contributed by atoms with Crippen molar-refractivity contribution in [2.75, 3.05) is 17.6 Å². The second kappa shape index (κ2) is 7.49. The van der Waals surface area contributed by atoms with Gasteiger partial charge in [-0.3, -0.25) is 19.7 Å². The van der Waals surface area contributed by atoms with Crippen molar-refractivity contribution in [3.05, 3.63) is 28.3 Å². The molecule has 20 heavy (non-hydrogen) atoms. The Hall–Kier alpha value is -2.09. The van der Waals surface area contributed by atoms with Crippen LogP contribution in [0.2, 0.25) is 0 Å². The summed E-state index contributed by atoms with van der Waals surface area (Å²) in [5, 5.41) is 16.1. The monoisotopic (exact) mass is 297 g/mol. The van der Waals surface area contributed by atoms with Gasteiger partial charge in [0, 0.05) is 37.9 Å². The molecule has 0 saturated heterocycles. The standard InChI is InChI=1S/C12H15N3O4S/c1-8(16)13-5-6-20-12-7-10(14-9(2)17)3-4-11(12)15(18)19/h3-4,7H,5-6H2,1-2H3,(H,13,16)(H,14,17). The lowest BCUT2D eigenvalue weighted by Crippen LogP contribution is -2.22. The Morgan fingerprint density at radius 3 is 2.55 bits per heavy atom. The van der Waals surface area contributed by atoms with Gasteiger partial charge in [-0.05, 0) is 12.1 Å². The van der Waals surface area contributed by atoms with Gasteiger partial charge in [0.15, 0.2) is 0 Å². The van der Waals surface area contributed by atoms with Crippen LogP contribution < -0.4 is 10.6 Å². The number of rotatable bonds is 6. The first-order valence-electron chi connectivity index (χ1n) is 5.83. The van der Waals surface area contributed by atoms with Crippen molar-refractivity contribution < 1.29 is 14.5 Å². The maximum atomic E-state index is 11.0. The maximum Gasteiger partial charge on any atom is 0.283 e. The zero-order valence-electron chi connectivity index (χ0n) is 11.1. The van der Waals surface area contributed by atoms with Gasteiger partial charge >= 0.3 is 0 Å². The Morgan fingerprint density at radius 2 is 2.00 bits per heavy atom. The van der Waals surface area contributed by atoms with Crippen molar-refractivity contribution in [1.82, 2.24) is 5.32 Å². The van der Waals surface area contributed by atoms with Crippen molar-refractivity contribution in [3.8, 4) is 0 Å². The van der Waals surface area contributed by atoms with Crippen molar-refractivity contribution >= 4 is 35.0 Å². The normalized spacial score (nSPS) is 9.90. The fourth-order valence-electron chi connectivity index (χ4n) is 1.45. The third-order valence-corrected chi connectivity index (χ3v) is 3.26. The molecule has 108 valence electrons. The Kier molecular flexibility index (Phi) is 5.98. The van der Waals surface area contributed by atoms with Crippen LogP contribution in [-0.2, 0) is 9.59 Å². The van der Waals surface area contributed by atoms with Gasteiger partial charge in [-0.15, -0.1) is 11.8 Å². The van der Waals surface area contributed by atoms with Crippen LogP contribution in [-0.4, -0.2) is 29.0 Å². The zero-order valence-corrected chi connectivity index (χ0v) is 12.0. The van der Waals surface area contributed by atoms with Gasteiger partial charge in [-0.25, -0.2) is 0 Å². The molecule has 1 aromatic carbocycles. The van der Waals surface area contributed by atoms with E-state index >= 15 is 0 Å². The van der Waals surface area contributed by atoms with Crippen LogP contribution in [0.1, 0.15) is 13.8 Å². The number of nitro benzene ring substituents is 1. The summed E-state index contributed by atoms with van der Waals surface area (Å²) >= 11 is 1.25. The quantitative estimate of drug-likeness (QED) is 0.361. The molecule has 0 fully saturated rings. The Labute approximate surface area is 120 Å². The number of thioether (sulfide) groups is 1. The van der Waals surface area contributed by atoms with Gasteiger partial charge in [0.05, 0.1) is 9.82 Å². The lowest BCUT2D eigenvalue weighted by Gasteiger charge is -2.07. The molecule has 7 nitrogen and oxygen atoms in total. The summed E-state index contributed by atoms with van der Waals surface area (Å²) in [5.74, 6) is 0.115. The van der Waals surface area contributed by atoms with Crippen LogP contribution in [0.15, 0.2) is 23.1 Å². The Morgan fingerprint density at radius 1 is 1.30 bits per heavy atom. The highest BCUT2D eigenvalue weighted by molar-refractivity contribution is 7.99. The van der Waals surface area contributed by atoms with Gasteiger partial charge < -0.3 is 10.6 Å². The predicted octanol–water partition coefficient (Wildman–Crippen LogP) is 1.78. The van der Waals surface area contributed by atoms with Crippen LogP contribution in [0.25, 0.3) is 0 Å². The first kappa shape index (κ1) is 16.0. The molecule has 1 rings (SSSR count). The van der Waals surface area contributed by atoms with E-state index in [4.69, 9.17) is 0 Å². The molecule has 2 N–H and O–H groups in total. The number of carbonyl (C=O) groups excluding carboxylic acids is 2. The number of nitrogens with zero attached hydrogens (tertiary/aromatic N) is 1. The maximum absolute atomic E-state index is 11.0. The molecule has 1 aromatic rings. The van der Waals surface area contributed by atoms with Gasteiger partial charge in [0.1, 0.15) is 0 Å². The lowest BCUT2D eigenvalue weighted by molar-refractivity contribution is -0.387. The first-order chi connectivity index (χ1) is 9.40. The number of benzene rings is 1. The van der Waals surface area contributed by atoms with Crippen LogP contribution >= 0.6 is 11.8 Å². The van der Waals surface area contributed by atoms with Crippen LogP contribution in [0, 0.1) is 10.1 Å². The zero-order chi connectivity index (χ0) is 15.1. The van der Waals surface area contributed by atoms with E-state index in [9.17, 15) is 19.7 Å². The molecule has 0 heterocycles. The number of anilines is 1. The molecule has 0 bridgehead atoms. The number of carbonyl (C=O) groups is 2. The average molecular weight is 297 g/mol. The molecule has 0 spiro atoms. The molecule has 0 aromatic heterocycles. The van der Waals surface area contributed by atoms with Crippen LogP contribution in [0.4, 0.5) is 11.4 Å². The second-order valence-corrected chi connectivity index (χ2v) is 5.09. The highest BCUT2D eigenvalue weighted by Gasteiger charge is 2.15. The van der Waals surface area contributed by atoms with Gasteiger partial charge in [0.25, 0.3) is 5.69 Å². The molecule has 2 amide bonds. The van der Waals surface area contributed by atoms with E-state index in [1.165, 1.54) is 37.7 Å². The fraction of sp³-hybridized carbons (Fsp3) is 0.333. The highest BCUT2D eigenvalue weighted by Crippen LogP contribution is 2.31. The summed E-state index contributed by atoms with van der Waals surface area (Å²) in [7, 11) is 0. The fourth-order valence-corrected chi connectivity index (χ4v) is 2.37. The number of nitro groups is 1. The lowest BCUT2D eigenvalue weighted by atomic mass is 10.3. The van der Waals surface area contributed by atoms with E-state index in [0.29, 0.717) is 22.9 Å². The summed E-state index contributed by atoms with van der Waals surface area (Å²) in [6.07, 6.45) is 0. The summed E-state index contributed by atoms with van der Waals surface area (Å²) in [4.78, 5) is 32.6. The van der Waals surface area contributed by atoms with Crippen LogP contribution in [0.3, 0.4) is 0 Å². The minimum absolute atomic E-state index is 0.0214. The predicted molar refractivity (Wildman–Crippen MR) is 76.8 cm³/mol. The minimum Gasteiger partial charge on any atom is -0.356 e. The molecule has 0 aliphatic carbocycles. The summed E-state index contributed by atoms with van der Waals surface area (Å²) in [6, 6.07) is 4.39. The molecule has 0 aliphatic heterocycles. The summed E-state index contributed by atoms with van der Waals surface area (Å²) in [6.45, 7) is 3.19. The van der Waals surface area contributed by atoms with E-state index in [1.807, 2.05) is 0 Å². The second-order valence-electron chi connectivity index (χ2n) is 3.95. The SMILES string of the molecule is CC(=O)NCCSc1cc(NC(C)=O)ccc1[N+](=O)[O-]. The van der Waals surface area contributed by atoms with Gasteiger partial charge in [-0.2, -0.15) is 0 Å². The van der Waals surface area contributed by atoms with Crippen molar-refractivity contribution in [2.45, 2.75) is 18.7 Å². The van der Waals surface area contributed by atoms with Crippen molar-refractivity contribution in [1.29, 1.82) is 0 Å². The smallest absolute Gasteiger partial charge is 0.283 e. The first-order valence-corrected chi connectivity index (χ1v) is 6.82. The van der Waals surface area contributed by atoms with E-state index in [1.54, 1.807) is 6.07 Å². The van der Waals surface area contributed by atoms with E-state index in [-0.39, 0.29) is 17.5 Å². The van der Waals surface area contributed by atoms with E-state index < -0.39 is 4.92 Å². The highest BCUT2D eigenvalue weighted by atomic mass is 32.2. The summed E-state index contributed by atoms with van der Waals surface area (Å²) < 4.78 is 0. The molecule has 0 aliphatic rings. The van der Waals surface area contributed by atoms with E-state index in [2.05, 4.69) is 10.6 Å². The third-order valence-electron chi connectivity index (χ3n) is 2.21.